The van der Waals surface area contributed by atoms with E-state index in [-0.39, 0.29) is 42.1 Å². The number of nitrogens with zero attached hydrogens (tertiary/aromatic N) is 4. The lowest BCUT2D eigenvalue weighted by molar-refractivity contribution is -0.132. The van der Waals surface area contributed by atoms with E-state index in [4.69, 9.17) is 0 Å². The van der Waals surface area contributed by atoms with Gasteiger partial charge in [-0.3, -0.25) is 19.1 Å². The molecule has 0 unspecified atom stereocenters. The summed E-state index contributed by atoms with van der Waals surface area (Å²) in [5.74, 6) is -1.47. The zero-order valence-corrected chi connectivity index (χ0v) is 19.5. The molecule has 1 aliphatic rings. The van der Waals surface area contributed by atoms with E-state index < -0.39 is 11.4 Å². The average Bonchev–Trinajstić information content (AvgIpc) is 3.23. The van der Waals surface area contributed by atoms with Crippen LogP contribution < -0.4 is 10.6 Å². The van der Waals surface area contributed by atoms with Crippen molar-refractivity contribution in [3.8, 4) is 0 Å². The number of hydrogen-bond donors (Lipinski definition) is 2. The van der Waals surface area contributed by atoms with Crippen LogP contribution in [0.1, 0.15) is 47.3 Å². The highest BCUT2D eigenvalue weighted by atomic mass is 19.1. The maximum atomic E-state index is 13.1. The minimum atomic E-state index is -1.20. The van der Waals surface area contributed by atoms with Crippen molar-refractivity contribution < 1.29 is 18.8 Å². The second-order valence-electron chi connectivity index (χ2n) is 8.30. The molecule has 0 aliphatic carbocycles. The molecule has 1 aliphatic heterocycles. The van der Waals surface area contributed by atoms with E-state index in [1.54, 1.807) is 26.1 Å². The first-order valence-corrected chi connectivity index (χ1v) is 11.1. The van der Waals surface area contributed by atoms with E-state index in [1.807, 2.05) is 0 Å². The molecule has 0 spiro atoms. The molecule has 1 aromatic heterocycles. The Hall–Kier alpha value is -3.27. The molecule has 2 heterocycles. The summed E-state index contributed by atoms with van der Waals surface area (Å²) in [5, 5.41) is 9.94. The van der Waals surface area contributed by atoms with Crippen LogP contribution in [-0.2, 0) is 17.9 Å². The van der Waals surface area contributed by atoms with Crippen LogP contribution in [0.2, 0.25) is 0 Å². The molecule has 1 aromatic carbocycles. The molecule has 2 aromatic rings. The summed E-state index contributed by atoms with van der Waals surface area (Å²) >= 11 is 0. The van der Waals surface area contributed by atoms with Crippen molar-refractivity contribution >= 4 is 17.7 Å². The van der Waals surface area contributed by atoms with Crippen LogP contribution in [-0.4, -0.2) is 76.1 Å². The molecule has 9 nitrogen and oxygen atoms in total. The Kier molecular flexibility index (Phi) is 7.47. The molecule has 0 saturated carbocycles. The fourth-order valence-corrected chi connectivity index (χ4v) is 3.77. The zero-order chi connectivity index (χ0) is 24.2. The number of carbonyl (C=O) groups excluding carboxylic acids is 3. The highest BCUT2D eigenvalue weighted by Crippen LogP contribution is 2.26. The average molecular weight is 459 g/mol. The second kappa shape index (κ2) is 10.1. The molecule has 33 heavy (non-hydrogen) atoms. The molecule has 0 fully saturated rings. The standard InChI is InChI=1S/C23H31FN6O3/c1-5-29(6-2)12-11-25-20(31)18-13-19-21(32)28(4)23(3,15-30(19)27-18)22(33)26-14-16-7-9-17(24)10-8-16/h7-10,13H,5-6,11-12,14-15H2,1-4H3,(H,25,31)(H,26,33)/t23-/m0/s1. The van der Waals surface area contributed by atoms with Gasteiger partial charge in [0.2, 0.25) is 5.91 Å². The first-order valence-electron chi connectivity index (χ1n) is 11.1. The maximum absolute atomic E-state index is 13.1. The molecule has 1 atom stereocenters. The van der Waals surface area contributed by atoms with Gasteiger partial charge in [-0.2, -0.15) is 5.10 Å². The number of benzene rings is 1. The molecule has 2 N–H and O–H groups in total. The Morgan fingerprint density at radius 3 is 2.48 bits per heavy atom. The summed E-state index contributed by atoms with van der Waals surface area (Å²) in [6.45, 7) is 9.06. The Morgan fingerprint density at radius 1 is 1.18 bits per heavy atom. The van der Waals surface area contributed by atoms with Gasteiger partial charge in [-0.25, -0.2) is 4.39 Å². The van der Waals surface area contributed by atoms with E-state index >= 15 is 0 Å². The number of nitrogens with one attached hydrogen (secondary N) is 2. The SMILES string of the molecule is CCN(CC)CCNC(=O)c1cc2n(n1)C[C@@](C)(C(=O)NCc1ccc(F)cc1)N(C)C2=O. The van der Waals surface area contributed by atoms with Crippen molar-refractivity contribution in [2.24, 2.45) is 0 Å². The predicted octanol–water partition coefficient (Wildman–Crippen LogP) is 1.25. The van der Waals surface area contributed by atoms with Gasteiger partial charge in [-0.05, 0) is 37.7 Å². The highest BCUT2D eigenvalue weighted by molar-refractivity contribution is 6.01. The first-order chi connectivity index (χ1) is 15.7. The van der Waals surface area contributed by atoms with Crippen LogP contribution >= 0.6 is 0 Å². The van der Waals surface area contributed by atoms with Crippen molar-refractivity contribution in [2.45, 2.75) is 39.4 Å². The van der Waals surface area contributed by atoms with Gasteiger partial charge in [-0.1, -0.05) is 26.0 Å². The maximum Gasteiger partial charge on any atom is 0.272 e. The van der Waals surface area contributed by atoms with E-state index in [0.29, 0.717) is 6.54 Å². The van der Waals surface area contributed by atoms with Crippen molar-refractivity contribution in [1.82, 2.24) is 30.2 Å². The van der Waals surface area contributed by atoms with Crippen LogP contribution in [0.3, 0.4) is 0 Å². The normalized spacial score (nSPS) is 17.8. The van der Waals surface area contributed by atoms with Crippen LogP contribution in [0.5, 0.6) is 0 Å². The van der Waals surface area contributed by atoms with Crippen molar-refractivity contribution in [1.29, 1.82) is 0 Å². The number of amides is 3. The Morgan fingerprint density at radius 2 is 1.85 bits per heavy atom. The number of hydrogen-bond acceptors (Lipinski definition) is 5. The smallest absolute Gasteiger partial charge is 0.272 e. The van der Waals surface area contributed by atoms with E-state index in [2.05, 4.69) is 34.5 Å². The third-order valence-electron chi connectivity index (χ3n) is 6.20. The van der Waals surface area contributed by atoms with E-state index in [9.17, 15) is 18.8 Å². The third kappa shape index (κ3) is 5.22. The number of carbonyl (C=O) groups is 3. The van der Waals surface area contributed by atoms with Gasteiger partial charge in [0.05, 0.1) is 6.54 Å². The Labute approximate surface area is 192 Å². The summed E-state index contributed by atoms with van der Waals surface area (Å²) < 4.78 is 14.5. The molecule has 0 saturated heterocycles. The zero-order valence-electron chi connectivity index (χ0n) is 19.5. The Balaban J connectivity index is 1.68. The number of aromatic nitrogens is 2. The van der Waals surface area contributed by atoms with Crippen molar-refractivity contribution in [2.75, 3.05) is 33.2 Å². The predicted molar refractivity (Wildman–Crippen MR) is 121 cm³/mol. The van der Waals surface area contributed by atoms with Gasteiger partial charge in [-0.15, -0.1) is 0 Å². The molecule has 3 rings (SSSR count). The molecular formula is C23H31FN6O3. The van der Waals surface area contributed by atoms with Crippen LogP contribution in [0, 0.1) is 5.82 Å². The quantitative estimate of drug-likeness (QED) is 0.589. The van der Waals surface area contributed by atoms with Gasteiger partial charge < -0.3 is 20.4 Å². The number of halogens is 1. The fourth-order valence-electron chi connectivity index (χ4n) is 3.77. The van der Waals surface area contributed by atoms with Crippen LogP contribution in [0.15, 0.2) is 30.3 Å². The summed E-state index contributed by atoms with van der Waals surface area (Å²) in [4.78, 5) is 42.1. The number of rotatable bonds is 9. The topological polar surface area (TPSA) is 99.6 Å². The lowest BCUT2D eigenvalue weighted by Gasteiger charge is -2.40. The largest absolute Gasteiger partial charge is 0.350 e. The van der Waals surface area contributed by atoms with Gasteiger partial charge in [0.25, 0.3) is 11.8 Å². The molecule has 0 bridgehead atoms. The minimum Gasteiger partial charge on any atom is -0.350 e. The lowest BCUT2D eigenvalue weighted by atomic mass is 9.96. The Bertz CT molecular complexity index is 1020. The highest BCUT2D eigenvalue weighted by Gasteiger charge is 2.46. The van der Waals surface area contributed by atoms with Gasteiger partial charge in [0.15, 0.2) is 5.69 Å². The molecular weight excluding hydrogens is 427 g/mol. The van der Waals surface area contributed by atoms with Crippen LogP contribution in [0.4, 0.5) is 4.39 Å². The van der Waals surface area contributed by atoms with Crippen molar-refractivity contribution in [3.05, 3.63) is 53.1 Å². The van der Waals surface area contributed by atoms with Gasteiger partial charge >= 0.3 is 0 Å². The summed E-state index contributed by atoms with van der Waals surface area (Å²) in [5.41, 5.74) is -0.0637. The molecule has 178 valence electrons. The number of likely N-dealkylation sites (N-methyl/N-ethyl adjacent to an activating group) is 2. The molecule has 0 radical (unpaired) electrons. The third-order valence-corrected chi connectivity index (χ3v) is 6.20. The van der Waals surface area contributed by atoms with Gasteiger partial charge in [0.1, 0.15) is 17.1 Å². The molecule has 3 amide bonds. The second-order valence-corrected chi connectivity index (χ2v) is 8.30. The van der Waals surface area contributed by atoms with E-state index in [1.165, 1.54) is 27.8 Å². The monoisotopic (exact) mass is 458 g/mol. The summed E-state index contributed by atoms with van der Waals surface area (Å²) in [7, 11) is 1.56. The fraction of sp³-hybridized carbons (Fsp3) is 0.478. The first kappa shape index (κ1) is 24.4. The van der Waals surface area contributed by atoms with Gasteiger partial charge in [0, 0.05) is 32.7 Å². The number of fused-ring (bicyclic) bond motifs is 1. The van der Waals surface area contributed by atoms with Crippen molar-refractivity contribution in [3.63, 3.8) is 0 Å². The summed E-state index contributed by atoms with van der Waals surface area (Å²) in [6.07, 6.45) is 0. The van der Waals surface area contributed by atoms with E-state index in [0.717, 1.165) is 25.2 Å². The van der Waals surface area contributed by atoms with Crippen LogP contribution in [0.25, 0.3) is 0 Å². The minimum absolute atomic E-state index is 0.104. The summed E-state index contributed by atoms with van der Waals surface area (Å²) in [6, 6.07) is 7.28. The molecule has 10 heteroatoms. The lowest BCUT2D eigenvalue weighted by Crippen LogP contribution is -2.62.